The fourth-order valence-corrected chi connectivity index (χ4v) is 3.71. The number of allylic oxidation sites excluding steroid dienone is 1. The number of ether oxygens (including phenoxy) is 2. The Bertz CT molecular complexity index is 1040. The lowest BCUT2D eigenvalue weighted by Gasteiger charge is -2.17. The molecule has 0 aliphatic rings. The molecule has 3 rings (SSSR count). The number of para-hydroxylation sites is 2. The first-order chi connectivity index (χ1) is 15.0. The van der Waals surface area contributed by atoms with Crippen molar-refractivity contribution in [2.75, 3.05) is 18.2 Å². The molecule has 0 saturated heterocycles. The number of hydrogen-bond acceptors (Lipinski definition) is 6. The van der Waals surface area contributed by atoms with Crippen molar-refractivity contribution in [3.05, 3.63) is 72.0 Å². The minimum atomic E-state index is -0.388. The molecule has 31 heavy (non-hydrogen) atoms. The molecule has 0 spiro atoms. The molecule has 0 aliphatic carbocycles. The number of hydrogen-bond donors (Lipinski definition) is 1. The molecule has 1 amide bonds. The van der Waals surface area contributed by atoms with Crippen molar-refractivity contribution < 1.29 is 14.3 Å². The summed E-state index contributed by atoms with van der Waals surface area (Å²) in [7, 11) is 1.59. The molecule has 1 aromatic heterocycles. The van der Waals surface area contributed by atoms with Crippen LogP contribution >= 0.6 is 23.4 Å². The van der Waals surface area contributed by atoms with Crippen molar-refractivity contribution in [1.29, 1.82) is 0 Å². The van der Waals surface area contributed by atoms with E-state index in [0.29, 0.717) is 39.7 Å². The summed E-state index contributed by atoms with van der Waals surface area (Å²) in [4.78, 5) is 12.3. The van der Waals surface area contributed by atoms with Crippen molar-refractivity contribution in [1.82, 2.24) is 14.8 Å². The van der Waals surface area contributed by atoms with Crippen LogP contribution in [-0.4, -0.2) is 33.5 Å². The zero-order chi connectivity index (χ0) is 22.2. The summed E-state index contributed by atoms with van der Waals surface area (Å²) in [6.07, 6.45) is 1.36. The topological polar surface area (TPSA) is 78.3 Å². The molecule has 0 fully saturated rings. The first-order valence-electron chi connectivity index (χ1n) is 9.53. The van der Waals surface area contributed by atoms with Crippen LogP contribution in [0.4, 0.5) is 5.69 Å². The number of rotatable bonds is 10. The second kappa shape index (κ2) is 10.9. The monoisotopic (exact) mass is 458 g/mol. The lowest BCUT2D eigenvalue weighted by atomic mass is 10.3. The van der Waals surface area contributed by atoms with Crippen LogP contribution in [-0.2, 0) is 11.3 Å². The van der Waals surface area contributed by atoms with Gasteiger partial charge in [0.2, 0.25) is 5.91 Å². The number of halogens is 1. The van der Waals surface area contributed by atoms with Crippen molar-refractivity contribution in [3.63, 3.8) is 0 Å². The standard InChI is InChI=1S/C22H23ClN4O3S/c1-4-13-27-21(15(2)30-19-8-6-5-7-18(19)29-3)25-26-22(27)31-14-20(28)24-17-11-9-16(23)10-12-17/h4-12,15H,1,13-14H2,2-3H3,(H,24,28). The van der Waals surface area contributed by atoms with E-state index in [9.17, 15) is 4.79 Å². The highest BCUT2D eigenvalue weighted by atomic mass is 35.5. The van der Waals surface area contributed by atoms with Crippen LogP contribution in [0.25, 0.3) is 0 Å². The number of nitrogens with zero attached hydrogens (tertiary/aromatic N) is 3. The van der Waals surface area contributed by atoms with Gasteiger partial charge >= 0.3 is 0 Å². The second-order valence-corrected chi connectivity index (χ2v) is 7.87. The zero-order valence-electron chi connectivity index (χ0n) is 17.2. The minimum absolute atomic E-state index is 0.152. The van der Waals surface area contributed by atoms with E-state index >= 15 is 0 Å². The smallest absolute Gasteiger partial charge is 0.234 e. The molecule has 9 heteroatoms. The first-order valence-corrected chi connectivity index (χ1v) is 10.9. The predicted octanol–water partition coefficient (Wildman–Crippen LogP) is 5.00. The summed E-state index contributed by atoms with van der Waals surface area (Å²) in [5.74, 6) is 1.91. The van der Waals surface area contributed by atoms with Crippen LogP contribution in [0.2, 0.25) is 5.02 Å². The molecule has 3 aromatic rings. The summed E-state index contributed by atoms with van der Waals surface area (Å²) in [5, 5.41) is 12.6. The van der Waals surface area contributed by atoms with Crippen molar-refractivity contribution in [3.8, 4) is 11.5 Å². The maximum absolute atomic E-state index is 12.3. The van der Waals surface area contributed by atoms with Gasteiger partial charge < -0.3 is 14.8 Å². The summed E-state index contributed by atoms with van der Waals surface area (Å²) < 4.78 is 13.3. The normalized spacial score (nSPS) is 11.6. The summed E-state index contributed by atoms with van der Waals surface area (Å²) in [5.41, 5.74) is 0.682. The highest BCUT2D eigenvalue weighted by Gasteiger charge is 2.20. The number of amides is 1. The molecule has 2 aromatic carbocycles. The molecule has 1 unspecified atom stereocenters. The molecular weight excluding hydrogens is 436 g/mol. The molecule has 0 radical (unpaired) electrons. The maximum Gasteiger partial charge on any atom is 0.234 e. The number of methoxy groups -OCH3 is 1. The zero-order valence-corrected chi connectivity index (χ0v) is 18.8. The lowest BCUT2D eigenvalue weighted by Crippen LogP contribution is -2.15. The molecule has 0 aliphatic heterocycles. The summed E-state index contributed by atoms with van der Waals surface area (Å²) >= 11 is 7.17. The summed E-state index contributed by atoms with van der Waals surface area (Å²) in [6.45, 7) is 6.19. The van der Waals surface area contributed by atoms with E-state index < -0.39 is 0 Å². The van der Waals surface area contributed by atoms with E-state index in [2.05, 4.69) is 22.1 Å². The minimum Gasteiger partial charge on any atom is -0.493 e. The average molecular weight is 459 g/mol. The molecule has 162 valence electrons. The SMILES string of the molecule is C=CCn1c(SCC(=O)Nc2ccc(Cl)cc2)nnc1C(C)Oc1ccccc1OC. The van der Waals surface area contributed by atoms with Crippen LogP contribution in [0, 0.1) is 0 Å². The maximum atomic E-state index is 12.3. The third-order valence-electron chi connectivity index (χ3n) is 4.25. The Kier molecular flexibility index (Phi) is 7.97. The molecule has 1 N–H and O–H groups in total. The molecule has 0 bridgehead atoms. The lowest BCUT2D eigenvalue weighted by molar-refractivity contribution is -0.113. The number of thioether (sulfide) groups is 1. The van der Waals surface area contributed by atoms with Gasteiger partial charge in [0.15, 0.2) is 28.6 Å². The van der Waals surface area contributed by atoms with Gasteiger partial charge in [0.1, 0.15) is 0 Å². The fraction of sp³-hybridized carbons (Fsp3) is 0.227. The predicted molar refractivity (Wildman–Crippen MR) is 123 cm³/mol. The number of anilines is 1. The highest BCUT2D eigenvalue weighted by molar-refractivity contribution is 7.99. The van der Waals surface area contributed by atoms with E-state index in [0.717, 1.165) is 0 Å². The Balaban J connectivity index is 1.68. The van der Waals surface area contributed by atoms with E-state index in [-0.39, 0.29) is 17.8 Å². The van der Waals surface area contributed by atoms with Gasteiger partial charge in [0, 0.05) is 17.3 Å². The fourth-order valence-electron chi connectivity index (χ4n) is 2.83. The third kappa shape index (κ3) is 6.02. The quantitative estimate of drug-likeness (QED) is 0.340. The number of carbonyl (C=O) groups excluding carboxylic acids is 1. The number of benzene rings is 2. The first kappa shape index (κ1) is 22.7. The van der Waals surface area contributed by atoms with Crippen LogP contribution in [0.15, 0.2) is 66.3 Å². The van der Waals surface area contributed by atoms with Gasteiger partial charge in [-0.1, -0.05) is 41.6 Å². The van der Waals surface area contributed by atoms with Crippen LogP contribution in [0.3, 0.4) is 0 Å². The highest BCUT2D eigenvalue weighted by Crippen LogP contribution is 2.31. The molecule has 1 atom stereocenters. The summed E-state index contributed by atoms with van der Waals surface area (Å²) in [6, 6.07) is 14.4. The molecule has 7 nitrogen and oxygen atoms in total. The number of nitrogens with one attached hydrogen (secondary N) is 1. The van der Waals surface area contributed by atoms with E-state index in [1.165, 1.54) is 11.8 Å². The van der Waals surface area contributed by atoms with Gasteiger partial charge in [0.25, 0.3) is 0 Å². The Labute approximate surface area is 190 Å². The van der Waals surface area contributed by atoms with Gasteiger partial charge in [-0.3, -0.25) is 9.36 Å². The van der Waals surface area contributed by atoms with Gasteiger partial charge in [0.05, 0.1) is 12.9 Å². The second-order valence-electron chi connectivity index (χ2n) is 6.49. The number of aromatic nitrogens is 3. The van der Waals surface area contributed by atoms with Gasteiger partial charge in [-0.15, -0.1) is 16.8 Å². The Morgan fingerprint density at radius 1 is 1.23 bits per heavy atom. The van der Waals surface area contributed by atoms with Gasteiger partial charge in [-0.2, -0.15) is 0 Å². The largest absolute Gasteiger partial charge is 0.493 e. The Morgan fingerprint density at radius 3 is 2.61 bits per heavy atom. The Morgan fingerprint density at radius 2 is 1.94 bits per heavy atom. The Hall–Kier alpha value is -2.97. The molecule has 0 saturated carbocycles. The third-order valence-corrected chi connectivity index (χ3v) is 5.47. The average Bonchev–Trinajstić information content (AvgIpc) is 3.17. The van der Waals surface area contributed by atoms with Crippen LogP contribution in [0.1, 0.15) is 18.9 Å². The van der Waals surface area contributed by atoms with Crippen molar-refractivity contribution in [2.45, 2.75) is 24.7 Å². The van der Waals surface area contributed by atoms with E-state index in [4.69, 9.17) is 21.1 Å². The van der Waals surface area contributed by atoms with Crippen LogP contribution < -0.4 is 14.8 Å². The van der Waals surface area contributed by atoms with Gasteiger partial charge in [-0.25, -0.2) is 0 Å². The van der Waals surface area contributed by atoms with E-state index in [1.54, 1.807) is 37.5 Å². The van der Waals surface area contributed by atoms with Gasteiger partial charge in [-0.05, 0) is 43.3 Å². The van der Waals surface area contributed by atoms with E-state index in [1.807, 2.05) is 35.8 Å². The van der Waals surface area contributed by atoms with Crippen LogP contribution in [0.5, 0.6) is 11.5 Å². The number of carbonyl (C=O) groups is 1. The van der Waals surface area contributed by atoms with Crippen molar-refractivity contribution in [2.24, 2.45) is 0 Å². The molecule has 1 heterocycles. The molecular formula is C22H23ClN4O3S. The van der Waals surface area contributed by atoms with Crippen molar-refractivity contribution >= 4 is 35.0 Å².